The van der Waals surface area contributed by atoms with Gasteiger partial charge < -0.3 is 4.74 Å². The number of carbonyl (C=O) groups excluding carboxylic acids is 1. The van der Waals surface area contributed by atoms with E-state index in [2.05, 4.69) is 13.8 Å². The fourth-order valence-electron chi connectivity index (χ4n) is 0.856. The van der Waals surface area contributed by atoms with Gasteiger partial charge in [0.15, 0.2) is 5.78 Å². The summed E-state index contributed by atoms with van der Waals surface area (Å²) < 4.78 is 5.21. The number of ether oxygens (including phenoxy) is 1. The highest BCUT2D eigenvalue weighted by Crippen LogP contribution is 1.99. The SMILES string of the molecule is CCCC(=O)COCCC(C)C. The third kappa shape index (κ3) is 7.73. The van der Waals surface area contributed by atoms with E-state index < -0.39 is 0 Å². The second-order valence-electron chi connectivity index (χ2n) is 3.52. The predicted octanol–water partition coefficient (Wildman–Crippen LogP) is 2.42. The summed E-state index contributed by atoms with van der Waals surface area (Å²) in [4.78, 5) is 11.0. The molecule has 0 saturated carbocycles. The molecule has 0 aliphatic carbocycles. The maximum atomic E-state index is 11.0. The molecule has 2 nitrogen and oxygen atoms in total. The Labute approximate surface area is 75.3 Å². The summed E-state index contributed by atoms with van der Waals surface area (Å²) in [6.07, 6.45) is 2.62. The summed E-state index contributed by atoms with van der Waals surface area (Å²) in [6, 6.07) is 0. The van der Waals surface area contributed by atoms with Gasteiger partial charge >= 0.3 is 0 Å². The summed E-state index contributed by atoms with van der Waals surface area (Å²) in [5.74, 6) is 0.882. The monoisotopic (exact) mass is 172 g/mol. The van der Waals surface area contributed by atoms with Crippen LogP contribution in [-0.2, 0) is 9.53 Å². The van der Waals surface area contributed by atoms with Crippen LogP contribution < -0.4 is 0 Å². The van der Waals surface area contributed by atoms with Crippen LogP contribution in [0.2, 0.25) is 0 Å². The van der Waals surface area contributed by atoms with Crippen molar-refractivity contribution in [3.8, 4) is 0 Å². The second kappa shape index (κ2) is 7.29. The predicted molar refractivity (Wildman–Crippen MR) is 50.2 cm³/mol. The Morgan fingerprint density at radius 2 is 2.08 bits per heavy atom. The third-order valence-corrected chi connectivity index (χ3v) is 1.63. The van der Waals surface area contributed by atoms with E-state index in [0.717, 1.165) is 12.8 Å². The number of Topliss-reactive ketones (excluding diaryl/α,β-unsaturated/α-hetero) is 1. The number of hydrogen-bond donors (Lipinski definition) is 0. The van der Waals surface area contributed by atoms with Gasteiger partial charge in [-0.1, -0.05) is 20.8 Å². The molecule has 0 aliphatic rings. The molecule has 0 N–H and O–H groups in total. The zero-order chi connectivity index (χ0) is 9.40. The van der Waals surface area contributed by atoms with Gasteiger partial charge in [-0.25, -0.2) is 0 Å². The molecule has 0 unspecified atom stereocenters. The number of ketones is 1. The smallest absolute Gasteiger partial charge is 0.158 e. The zero-order valence-corrected chi connectivity index (χ0v) is 8.43. The second-order valence-corrected chi connectivity index (χ2v) is 3.52. The largest absolute Gasteiger partial charge is 0.374 e. The molecular formula is C10H20O2. The van der Waals surface area contributed by atoms with E-state index in [-0.39, 0.29) is 5.78 Å². The topological polar surface area (TPSA) is 26.3 Å². The number of carbonyl (C=O) groups is 1. The summed E-state index contributed by atoms with van der Waals surface area (Å²) >= 11 is 0. The zero-order valence-electron chi connectivity index (χ0n) is 8.43. The number of rotatable bonds is 7. The van der Waals surface area contributed by atoms with Crippen molar-refractivity contribution in [3.63, 3.8) is 0 Å². The van der Waals surface area contributed by atoms with Gasteiger partial charge in [-0.3, -0.25) is 4.79 Å². The number of hydrogen-bond acceptors (Lipinski definition) is 2. The van der Waals surface area contributed by atoms with Crippen LogP contribution in [0.4, 0.5) is 0 Å². The van der Waals surface area contributed by atoms with Crippen molar-refractivity contribution in [2.24, 2.45) is 5.92 Å². The van der Waals surface area contributed by atoms with Crippen LogP contribution in [0.1, 0.15) is 40.0 Å². The normalized spacial score (nSPS) is 10.7. The van der Waals surface area contributed by atoms with Gasteiger partial charge in [-0.05, 0) is 18.8 Å². The lowest BCUT2D eigenvalue weighted by Gasteiger charge is -2.04. The molecule has 0 aromatic rings. The molecule has 0 atom stereocenters. The molecule has 0 spiro atoms. The minimum Gasteiger partial charge on any atom is -0.374 e. The van der Waals surface area contributed by atoms with Crippen LogP contribution in [0, 0.1) is 5.92 Å². The maximum Gasteiger partial charge on any atom is 0.158 e. The van der Waals surface area contributed by atoms with Crippen molar-refractivity contribution in [1.29, 1.82) is 0 Å². The molecule has 12 heavy (non-hydrogen) atoms. The van der Waals surface area contributed by atoms with E-state index >= 15 is 0 Å². The van der Waals surface area contributed by atoms with E-state index in [1.54, 1.807) is 0 Å². The minimum absolute atomic E-state index is 0.223. The first kappa shape index (κ1) is 11.6. The lowest BCUT2D eigenvalue weighted by molar-refractivity contribution is -0.123. The maximum absolute atomic E-state index is 11.0. The Morgan fingerprint density at radius 1 is 1.42 bits per heavy atom. The lowest BCUT2D eigenvalue weighted by atomic mass is 10.1. The van der Waals surface area contributed by atoms with Crippen LogP contribution in [0.5, 0.6) is 0 Å². The molecule has 2 heteroatoms. The van der Waals surface area contributed by atoms with Crippen molar-refractivity contribution in [2.45, 2.75) is 40.0 Å². The van der Waals surface area contributed by atoms with Crippen LogP contribution in [-0.4, -0.2) is 19.0 Å². The van der Waals surface area contributed by atoms with Gasteiger partial charge in [0.2, 0.25) is 0 Å². The van der Waals surface area contributed by atoms with Gasteiger partial charge in [0.1, 0.15) is 6.61 Å². The Balaban J connectivity index is 3.14. The molecule has 0 aliphatic heterocycles. The molecule has 0 aromatic carbocycles. The first-order valence-electron chi connectivity index (χ1n) is 4.76. The quantitative estimate of drug-likeness (QED) is 0.551. The molecule has 0 bridgehead atoms. The van der Waals surface area contributed by atoms with E-state index in [9.17, 15) is 4.79 Å². The standard InChI is InChI=1S/C10H20O2/c1-4-5-10(11)8-12-7-6-9(2)3/h9H,4-8H2,1-3H3. The van der Waals surface area contributed by atoms with Crippen LogP contribution in [0.15, 0.2) is 0 Å². The Kier molecular flexibility index (Phi) is 7.06. The van der Waals surface area contributed by atoms with Gasteiger partial charge in [0.25, 0.3) is 0 Å². The van der Waals surface area contributed by atoms with Crippen LogP contribution >= 0.6 is 0 Å². The first-order chi connectivity index (χ1) is 5.66. The van der Waals surface area contributed by atoms with E-state index in [1.807, 2.05) is 6.92 Å². The summed E-state index contributed by atoms with van der Waals surface area (Å²) in [5, 5.41) is 0. The highest BCUT2D eigenvalue weighted by atomic mass is 16.5. The third-order valence-electron chi connectivity index (χ3n) is 1.63. The Bertz CT molecular complexity index is 119. The van der Waals surface area contributed by atoms with Gasteiger partial charge in [-0.2, -0.15) is 0 Å². The van der Waals surface area contributed by atoms with Crippen molar-refractivity contribution in [1.82, 2.24) is 0 Å². The van der Waals surface area contributed by atoms with Gasteiger partial charge in [-0.15, -0.1) is 0 Å². The molecule has 0 radical (unpaired) electrons. The highest BCUT2D eigenvalue weighted by Gasteiger charge is 2.00. The summed E-state index contributed by atoms with van der Waals surface area (Å²) in [7, 11) is 0. The Morgan fingerprint density at radius 3 is 2.58 bits per heavy atom. The molecule has 72 valence electrons. The Hall–Kier alpha value is -0.370. The van der Waals surface area contributed by atoms with Crippen molar-refractivity contribution in [3.05, 3.63) is 0 Å². The van der Waals surface area contributed by atoms with Crippen molar-refractivity contribution in [2.75, 3.05) is 13.2 Å². The van der Waals surface area contributed by atoms with Gasteiger partial charge in [0, 0.05) is 13.0 Å². The van der Waals surface area contributed by atoms with Gasteiger partial charge in [0.05, 0.1) is 0 Å². The van der Waals surface area contributed by atoms with Crippen LogP contribution in [0.3, 0.4) is 0 Å². The highest BCUT2D eigenvalue weighted by molar-refractivity contribution is 5.79. The average molecular weight is 172 g/mol. The molecule has 0 amide bonds. The van der Waals surface area contributed by atoms with Crippen LogP contribution in [0.25, 0.3) is 0 Å². The molecule has 0 heterocycles. The molecule has 0 aromatic heterocycles. The molecule has 0 saturated heterocycles. The molecule has 0 rings (SSSR count). The first-order valence-corrected chi connectivity index (χ1v) is 4.76. The lowest BCUT2D eigenvalue weighted by Crippen LogP contribution is -2.09. The molecular weight excluding hydrogens is 152 g/mol. The fraction of sp³-hybridized carbons (Fsp3) is 0.900. The summed E-state index contributed by atoms with van der Waals surface area (Å²) in [6.45, 7) is 7.33. The van der Waals surface area contributed by atoms with Crippen molar-refractivity contribution >= 4 is 5.78 Å². The van der Waals surface area contributed by atoms with E-state index in [1.165, 1.54) is 0 Å². The van der Waals surface area contributed by atoms with Crippen molar-refractivity contribution < 1.29 is 9.53 Å². The van der Waals surface area contributed by atoms with E-state index in [0.29, 0.717) is 25.6 Å². The summed E-state index contributed by atoms with van der Waals surface area (Å²) in [5.41, 5.74) is 0. The molecule has 0 fully saturated rings. The minimum atomic E-state index is 0.223. The van der Waals surface area contributed by atoms with E-state index in [4.69, 9.17) is 4.74 Å². The average Bonchev–Trinajstić information content (AvgIpc) is 1.98. The fourth-order valence-corrected chi connectivity index (χ4v) is 0.856.